The molecule has 5 N–H and O–H groups in total. The van der Waals surface area contributed by atoms with E-state index >= 15 is 0 Å². The molecule has 0 spiro atoms. The number of carbonyl (C=O) groups is 1. The molecule has 0 saturated carbocycles. The average molecular weight is 565 g/mol. The molecule has 2 aromatic rings. The smallest absolute Gasteiger partial charge is 0.469 e. The Morgan fingerprint density at radius 3 is 1.85 bits per heavy atom. The van der Waals surface area contributed by atoms with Crippen molar-refractivity contribution >= 4 is 13.7 Å². The Morgan fingerprint density at radius 1 is 0.795 bits per heavy atom. The van der Waals surface area contributed by atoms with Crippen molar-refractivity contribution in [1.82, 2.24) is 11.1 Å². The first-order valence-corrected chi connectivity index (χ1v) is 15.5. The molecule has 0 unspecified atom stereocenters. The zero-order chi connectivity index (χ0) is 27.6. The standard InChI is InChI=1S/C30H46NO6P.H3N/c1-3-4-9-12-26-15-17-27(18-16-26)13-10-7-5-6-8-11-14-30(32)31(23-24-37-38(33,34)35)25-28-19-21-29(36-2)22-20-28;/h15-22H,3-14,23-25H2,1-2H3,(H2,33,34,35);1H3. The number of hydrogen-bond acceptors (Lipinski definition) is 5. The fourth-order valence-corrected chi connectivity index (χ4v) is 4.75. The van der Waals surface area contributed by atoms with Crippen molar-refractivity contribution in [2.45, 2.75) is 90.5 Å². The normalized spacial score (nSPS) is 11.2. The molecule has 0 saturated heterocycles. The number of rotatable bonds is 20. The largest absolute Gasteiger partial charge is 0.497 e. The second kappa shape index (κ2) is 19.8. The van der Waals surface area contributed by atoms with Gasteiger partial charge in [-0.2, -0.15) is 0 Å². The van der Waals surface area contributed by atoms with Crippen LogP contribution in [0.4, 0.5) is 0 Å². The summed E-state index contributed by atoms with van der Waals surface area (Å²) >= 11 is 0. The molecule has 0 fully saturated rings. The minimum absolute atomic E-state index is 0. The zero-order valence-electron chi connectivity index (χ0n) is 23.9. The summed E-state index contributed by atoms with van der Waals surface area (Å²) in [7, 11) is -2.97. The van der Waals surface area contributed by atoms with Gasteiger partial charge in [-0.3, -0.25) is 9.32 Å². The van der Waals surface area contributed by atoms with E-state index in [1.807, 2.05) is 24.3 Å². The summed E-state index contributed by atoms with van der Waals surface area (Å²) in [6.45, 7) is 2.50. The summed E-state index contributed by atoms with van der Waals surface area (Å²) in [5.41, 5.74) is 3.77. The van der Waals surface area contributed by atoms with E-state index in [0.29, 0.717) is 13.0 Å². The predicted molar refractivity (Wildman–Crippen MR) is 157 cm³/mol. The maximum Gasteiger partial charge on any atom is 0.469 e. The van der Waals surface area contributed by atoms with E-state index in [1.54, 1.807) is 12.0 Å². The minimum atomic E-state index is -4.57. The van der Waals surface area contributed by atoms with E-state index in [4.69, 9.17) is 14.5 Å². The lowest BCUT2D eigenvalue weighted by molar-refractivity contribution is -0.132. The van der Waals surface area contributed by atoms with Gasteiger partial charge in [0.25, 0.3) is 0 Å². The Bertz CT molecular complexity index is 962. The van der Waals surface area contributed by atoms with Crippen LogP contribution >= 0.6 is 7.82 Å². The van der Waals surface area contributed by atoms with Crippen LogP contribution in [0.15, 0.2) is 48.5 Å². The van der Waals surface area contributed by atoms with Crippen LogP contribution in [-0.2, 0) is 33.3 Å². The maximum atomic E-state index is 12.9. The van der Waals surface area contributed by atoms with Gasteiger partial charge in [0.05, 0.1) is 13.7 Å². The molecule has 0 aliphatic heterocycles. The Hall–Kier alpha value is -2.22. The lowest BCUT2D eigenvalue weighted by Crippen LogP contribution is -2.33. The monoisotopic (exact) mass is 564 g/mol. The third-order valence-corrected chi connectivity index (χ3v) is 7.22. The van der Waals surface area contributed by atoms with Gasteiger partial charge in [-0.05, 0) is 60.9 Å². The minimum Gasteiger partial charge on any atom is -0.497 e. The lowest BCUT2D eigenvalue weighted by Gasteiger charge is -2.23. The first kappa shape index (κ1) is 34.8. The summed E-state index contributed by atoms with van der Waals surface area (Å²) in [6.07, 6.45) is 13.0. The zero-order valence-corrected chi connectivity index (χ0v) is 24.7. The molecule has 8 nitrogen and oxygen atoms in total. The summed E-state index contributed by atoms with van der Waals surface area (Å²) < 4.78 is 20.8. The Labute approximate surface area is 234 Å². The number of amides is 1. The highest BCUT2D eigenvalue weighted by Gasteiger charge is 2.18. The molecule has 0 heterocycles. The van der Waals surface area contributed by atoms with E-state index in [-0.39, 0.29) is 25.2 Å². The van der Waals surface area contributed by atoms with Crippen LogP contribution in [0.1, 0.15) is 87.8 Å². The van der Waals surface area contributed by atoms with Crippen LogP contribution < -0.4 is 10.9 Å². The fourth-order valence-electron chi connectivity index (χ4n) is 4.44. The SMILES string of the molecule is CCCCCc1ccc(CCCCCCCCC(=O)N(CCOP(=O)(O)O)Cc2ccc(OC)cc2)cc1.N. The maximum absolute atomic E-state index is 12.9. The number of aryl methyl sites for hydroxylation is 2. The molecule has 0 aliphatic rings. The molecule has 2 rings (SSSR count). The van der Waals surface area contributed by atoms with Crippen molar-refractivity contribution in [1.29, 1.82) is 0 Å². The van der Waals surface area contributed by atoms with Crippen molar-refractivity contribution in [2.75, 3.05) is 20.3 Å². The molecule has 39 heavy (non-hydrogen) atoms. The van der Waals surface area contributed by atoms with Crippen LogP contribution in [0.3, 0.4) is 0 Å². The third kappa shape index (κ3) is 15.8. The van der Waals surface area contributed by atoms with Gasteiger partial charge in [0.15, 0.2) is 0 Å². The van der Waals surface area contributed by atoms with Crippen LogP contribution in [0.25, 0.3) is 0 Å². The summed E-state index contributed by atoms with van der Waals surface area (Å²) in [5, 5.41) is 0. The lowest BCUT2D eigenvalue weighted by atomic mass is 10.0. The molecule has 220 valence electrons. The van der Waals surface area contributed by atoms with Gasteiger partial charge in [-0.25, -0.2) is 4.57 Å². The highest BCUT2D eigenvalue weighted by molar-refractivity contribution is 7.46. The average Bonchev–Trinajstić information content (AvgIpc) is 2.90. The van der Waals surface area contributed by atoms with Crippen molar-refractivity contribution in [3.63, 3.8) is 0 Å². The first-order valence-electron chi connectivity index (χ1n) is 14.0. The van der Waals surface area contributed by atoms with Crippen LogP contribution in [-0.4, -0.2) is 40.9 Å². The quantitative estimate of drug-likeness (QED) is 0.116. The van der Waals surface area contributed by atoms with E-state index in [1.165, 1.54) is 49.7 Å². The van der Waals surface area contributed by atoms with Gasteiger partial charge >= 0.3 is 7.82 Å². The number of ether oxygens (including phenoxy) is 1. The van der Waals surface area contributed by atoms with Crippen molar-refractivity contribution in [2.24, 2.45) is 0 Å². The number of nitrogens with zero attached hydrogens (tertiary/aromatic N) is 1. The van der Waals surface area contributed by atoms with E-state index < -0.39 is 7.82 Å². The summed E-state index contributed by atoms with van der Waals surface area (Å²) in [5.74, 6) is 0.695. The van der Waals surface area contributed by atoms with E-state index in [0.717, 1.165) is 43.4 Å². The molecule has 2 aromatic carbocycles. The number of hydrogen-bond donors (Lipinski definition) is 3. The second-order valence-corrected chi connectivity index (χ2v) is 11.1. The molecule has 0 atom stereocenters. The Kier molecular flexibility index (Phi) is 17.7. The predicted octanol–water partition coefficient (Wildman–Crippen LogP) is 7.00. The van der Waals surface area contributed by atoms with Crippen LogP contribution in [0, 0.1) is 0 Å². The second-order valence-electron chi connectivity index (χ2n) is 9.88. The summed E-state index contributed by atoms with van der Waals surface area (Å²) in [4.78, 5) is 32.4. The third-order valence-electron chi connectivity index (χ3n) is 6.70. The van der Waals surface area contributed by atoms with Gasteiger partial charge < -0.3 is 25.6 Å². The van der Waals surface area contributed by atoms with Gasteiger partial charge in [-0.15, -0.1) is 0 Å². The number of benzene rings is 2. The number of carbonyl (C=O) groups excluding carboxylic acids is 1. The van der Waals surface area contributed by atoms with E-state index in [9.17, 15) is 9.36 Å². The molecule has 0 radical (unpaired) electrons. The van der Waals surface area contributed by atoms with Crippen LogP contribution in [0.5, 0.6) is 5.75 Å². The van der Waals surface area contributed by atoms with Crippen LogP contribution in [0.2, 0.25) is 0 Å². The molecule has 1 amide bonds. The topological polar surface area (TPSA) is 131 Å². The highest BCUT2D eigenvalue weighted by atomic mass is 31.2. The van der Waals surface area contributed by atoms with Crippen molar-refractivity contribution in [3.8, 4) is 5.75 Å². The number of phosphoric acid groups is 1. The summed E-state index contributed by atoms with van der Waals surface area (Å²) in [6, 6.07) is 16.5. The highest BCUT2D eigenvalue weighted by Crippen LogP contribution is 2.35. The Balaban J connectivity index is 0.00000760. The fraction of sp³-hybridized carbons (Fsp3) is 0.567. The van der Waals surface area contributed by atoms with Gasteiger partial charge in [0.1, 0.15) is 5.75 Å². The number of unbranched alkanes of at least 4 members (excludes halogenated alkanes) is 7. The molecular weight excluding hydrogens is 515 g/mol. The molecule has 9 heteroatoms. The molecule has 0 bridgehead atoms. The van der Waals surface area contributed by atoms with Gasteiger partial charge in [-0.1, -0.05) is 81.8 Å². The van der Waals surface area contributed by atoms with Crippen molar-refractivity contribution < 1.29 is 28.4 Å². The first-order chi connectivity index (χ1) is 18.3. The molecular formula is C30H49N2O6P. The van der Waals surface area contributed by atoms with Crippen molar-refractivity contribution in [3.05, 3.63) is 65.2 Å². The van der Waals surface area contributed by atoms with E-state index in [2.05, 4.69) is 35.7 Å². The van der Waals surface area contributed by atoms with Gasteiger partial charge in [0.2, 0.25) is 5.91 Å². The molecule has 0 aromatic heterocycles. The molecule has 0 aliphatic carbocycles. The number of phosphoric ester groups is 1. The number of methoxy groups -OCH3 is 1. The Morgan fingerprint density at radius 2 is 1.31 bits per heavy atom. The van der Waals surface area contributed by atoms with Gasteiger partial charge in [0, 0.05) is 19.5 Å².